The van der Waals surface area contributed by atoms with Crippen molar-refractivity contribution in [1.82, 2.24) is 0 Å². The molecule has 1 rings (SSSR count). The van der Waals surface area contributed by atoms with Gasteiger partial charge in [-0.1, -0.05) is 0 Å². The number of aliphatic carboxylic acids is 1. The van der Waals surface area contributed by atoms with Crippen LogP contribution in [0.25, 0.3) is 0 Å². The van der Waals surface area contributed by atoms with E-state index in [0.29, 0.717) is 11.3 Å². The Kier molecular flexibility index (Phi) is 5.32. The number of hydrogen-bond donors (Lipinski definition) is 1. The van der Waals surface area contributed by atoms with Crippen molar-refractivity contribution in [1.29, 1.82) is 0 Å². The molecule has 1 aromatic carbocycles. The van der Waals surface area contributed by atoms with E-state index in [1.807, 2.05) is 0 Å². The van der Waals surface area contributed by atoms with Crippen LogP contribution in [0, 0.1) is 0 Å². The monoisotopic (exact) mass is 264 g/mol. The van der Waals surface area contributed by atoms with E-state index in [-0.39, 0.29) is 11.6 Å². The van der Waals surface area contributed by atoms with Gasteiger partial charge < -0.3 is 5.11 Å². The van der Waals surface area contributed by atoms with Crippen molar-refractivity contribution in [3.8, 4) is 0 Å². The highest BCUT2D eigenvalue weighted by molar-refractivity contribution is 8.00. The van der Waals surface area contributed by atoms with Gasteiger partial charge in [-0.3, -0.25) is 9.59 Å². The second-order valence-corrected chi connectivity index (χ2v) is 4.60. The number of hydrogen-bond acceptors (Lipinski definition) is 4. The molecule has 1 aromatic rings. The van der Waals surface area contributed by atoms with E-state index in [0.717, 1.165) is 17.0 Å². The Morgan fingerprint density at radius 3 is 2.28 bits per heavy atom. The lowest BCUT2D eigenvalue weighted by Crippen LogP contribution is -1.97. The lowest BCUT2D eigenvalue weighted by Gasteiger charge is -2.00. The van der Waals surface area contributed by atoms with Gasteiger partial charge in [-0.25, -0.2) is 4.79 Å². The lowest BCUT2D eigenvalue weighted by molar-refractivity contribution is -0.131. The van der Waals surface area contributed by atoms with Crippen LogP contribution in [0.1, 0.15) is 17.3 Å². The summed E-state index contributed by atoms with van der Waals surface area (Å²) in [5, 5.41) is 8.40. The number of allylic oxidation sites excluding steroid dienone is 1. The molecule has 0 spiro atoms. The number of Topliss-reactive ketones (excluding diaryl/α,β-unsaturated/α-hetero) is 1. The molecule has 0 aliphatic carbocycles. The summed E-state index contributed by atoms with van der Waals surface area (Å²) in [6, 6.07) is 6.68. The molecule has 1 N–H and O–H groups in total. The first-order valence-electron chi connectivity index (χ1n) is 5.16. The summed E-state index contributed by atoms with van der Waals surface area (Å²) in [5.74, 6) is -1.03. The number of carboxylic acid groups (broad SMARTS) is 1. The maximum atomic E-state index is 11.5. The zero-order chi connectivity index (χ0) is 13.5. The van der Waals surface area contributed by atoms with Crippen molar-refractivity contribution in [3.05, 3.63) is 42.0 Å². The molecular weight excluding hydrogens is 252 g/mol. The van der Waals surface area contributed by atoms with E-state index in [1.165, 1.54) is 18.7 Å². The summed E-state index contributed by atoms with van der Waals surface area (Å²) in [4.78, 5) is 33.5. The molecule has 18 heavy (non-hydrogen) atoms. The molecule has 0 aromatic heterocycles. The summed E-state index contributed by atoms with van der Waals surface area (Å²) >= 11 is 1.39. The third-order valence-corrected chi connectivity index (χ3v) is 3.11. The molecule has 0 aliphatic heterocycles. The summed E-state index contributed by atoms with van der Waals surface area (Å²) in [7, 11) is 0. The van der Waals surface area contributed by atoms with E-state index in [4.69, 9.17) is 5.11 Å². The van der Waals surface area contributed by atoms with Crippen molar-refractivity contribution in [2.24, 2.45) is 0 Å². The van der Waals surface area contributed by atoms with Gasteiger partial charge in [0.1, 0.15) is 5.78 Å². The summed E-state index contributed by atoms with van der Waals surface area (Å²) in [6.45, 7) is 1.52. The van der Waals surface area contributed by atoms with Crippen molar-refractivity contribution in [3.63, 3.8) is 0 Å². The molecule has 0 heterocycles. The number of carbonyl (C=O) groups is 3. The Morgan fingerprint density at radius 1 is 1.17 bits per heavy atom. The second kappa shape index (κ2) is 6.76. The fourth-order valence-corrected chi connectivity index (χ4v) is 1.84. The van der Waals surface area contributed by atoms with Crippen LogP contribution in [-0.2, 0) is 9.59 Å². The van der Waals surface area contributed by atoms with E-state index in [2.05, 4.69) is 0 Å². The molecule has 0 saturated heterocycles. The molecule has 0 saturated carbocycles. The average molecular weight is 264 g/mol. The van der Waals surface area contributed by atoms with E-state index >= 15 is 0 Å². The summed E-state index contributed by atoms with van der Waals surface area (Å²) in [6.07, 6.45) is 1.82. The highest BCUT2D eigenvalue weighted by atomic mass is 32.2. The zero-order valence-corrected chi connectivity index (χ0v) is 10.6. The SMILES string of the molecule is CC(=O)CSc1ccc(C(=O)/C=C/C(=O)O)cc1. The molecule has 5 heteroatoms. The third-order valence-electron chi connectivity index (χ3n) is 1.96. The highest BCUT2D eigenvalue weighted by Crippen LogP contribution is 2.18. The number of thioether (sulfide) groups is 1. The lowest BCUT2D eigenvalue weighted by atomic mass is 10.1. The van der Waals surface area contributed by atoms with Gasteiger partial charge in [0.25, 0.3) is 0 Å². The molecule has 4 nitrogen and oxygen atoms in total. The number of carbonyl (C=O) groups excluding carboxylic acids is 2. The summed E-state index contributed by atoms with van der Waals surface area (Å²) < 4.78 is 0. The van der Waals surface area contributed by atoms with Crippen LogP contribution >= 0.6 is 11.8 Å². The van der Waals surface area contributed by atoms with E-state index < -0.39 is 5.97 Å². The average Bonchev–Trinajstić information content (AvgIpc) is 2.34. The molecule has 0 fully saturated rings. The van der Waals surface area contributed by atoms with E-state index in [1.54, 1.807) is 24.3 Å². The molecule has 94 valence electrons. The van der Waals surface area contributed by atoms with Gasteiger partial charge in [-0.05, 0) is 37.3 Å². The number of rotatable bonds is 6. The molecular formula is C13H12O4S. The van der Waals surface area contributed by atoms with Crippen LogP contribution < -0.4 is 0 Å². The Bertz CT molecular complexity index is 488. The van der Waals surface area contributed by atoms with Crippen molar-refractivity contribution in [2.75, 3.05) is 5.75 Å². The van der Waals surface area contributed by atoms with E-state index in [9.17, 15) is 14.4 Å². The molecule has 0 unspecified atom stereocenters. The first kappa shape index (κ1) is 14.2. The number of ketones is 2. The molecule has 0 atom stereocenters. The Balaban J connectivity index is 2.67. The maximum Gasteiger partial charge on any atom is 0.328 e. The second-order valence-electron chi connectivity index (χ2n) is 3.55. The minimum Gasteiger partial charge on any atom is -0.478 e. The number of carboxylic acids is 1. The van der Waals surface area contributed by atoms with Crippen LogP contribution in [0.5, 0.6) is 0 Å². The van der Waals surface area contributed by atoms with Gasteiger partial charge in [-0.2, -0.15) is 0 Å². The van der Waals surface area contributed by atoms with Crippen LogP contribution in [0.15, 0.2) is 41.3 Å². The molecule has 0 amide bonds. The maximum absolute atomic E-state index is 11.5. The summed E-state index contributed by atoms with van der Waals surface area (Å²) in [5.41, 5.74) is 0.416. The van der Waals surface area contributed by atoms with Gasteiger partial charge in [0, 0.05) is 16.5 Å². The third kappa shape index (κ3) is 4.97. The zero-order valence-electron chi connectivity index (χ0n) is 9.75. The van der Waals surface area contributed by atoms with Gasteiger partial charge in [-0.15, -0.1) is 11.8 Å². The molecule has 0 aliphatic rings. The van der Waals surface area contributed by atoms with Crippen LogP contribution in [0.3, 0.4) is 0 Å². The van der Waals surface area contributed by atoms with Gasteiger partial charge in [0.15, 0.2) is 5.78 Å². The van der Waals surface area contributed by atoms with Gasteiger partial charge >= 0.3 is 5.97 Å². The predicted octanol–water partition coefficient (Wildman–Crippen LogP) is 2.19. The normalized spacial score (nSPS) is 10.5. The smallest absolute Gasteiger partial charge is 0.328 e. The minimum atomic E-state index is -1.16. The Labute approximate surface area is 109 Å². The highest BCUT2D eigenvalue weighted by Gasteiger charge is 2.03. The van der Waals surface area contributed by atoms with Crippen LogP contribution in [0.4, 0.5) is 0 Å². The topological polar surface area (TPSA) is 71.4 Å². The first-order chi connectivity index (χ1) is 8.49. The van der Waals surface area contributed by atoms with Crippen molar-refractivity contribution in [2.45, 2.75) is 11.8 Å². The predicted molar refractivity (Wildman–Crippen MR) is 69.0 cm³/mol. The Hall–Kier alpha value is -1.88. The van der Waals surface area contributed by atoms with Crippen LogP contribution in [-0.4, -0.2) is 28.4 Å². The standard InChI is InChI=1S/C13H12O4S/c1-9(14)8-18-11-4-2-10(3-5-11)12(15)6-7-13(16)17/h2-7H,8H2,1H3,(H,16,17)/b7-6+. The first-order valence-corrected chi connectivity index (χ1v) is 6.15. The quantitative estimate of drug-likeness (QED) is 0.484. The van der Waals surface area contributed by atoms with Crippen molar-refractivity contribution >= 4 is 29.3 Å². The molecule has 0 radical (unpaired) electrons. The fourth-order valence-electron chi connectivity index (χ4n) is 1.14. The largest absolute Gasteiger partial charge is 0.478 e. The number of benzene rings is 1. The van der Waals surface area contributed by atoms with Gasteiger partial charge in [0.2, 0.25) is 0 Å². The fraction of sp³-hybridized carbons (Fsp3) is 0.154. The van der Waals surface area contributed by atoms with Crippen molar-refractivity contribution < 1.29 is 19.5 Å². The molecule has 0 bridgehead atoms. The van der Waals surface area contributed by atoms with Crippen LogP contribution in [0.2, 0.25) is 0 Å². The Morgan fingerprint density at radius 2 is 1.78 bits per heavy atom. The minimum absolute atomic E-state index is 0.0875. The van der Waals surface area contributed by atoms with Gasteiger partial charge in [0.05, 0.1) is 5.75 Å².